The van der Waals surface area contributed by atoms with Crippen molar-refractivity contribution in [3.8, 4) is 5.69 Å². The van der Waals surface area contributed by atoms with Crippen molar-refractivity contribution in [2.24, 2.45) is 0 Å². The Labute approximate surface area is 213 Å². The zero-order valence-corrected chi connectivity index (χ0v) is 20.7. The van der Waals surface area contributed by atoms with Crippen LogP contribution in [0.3, 0.4) is 0 Å². The molecule has 1 aromatic heterocycles. The Bertz CT molecular complexity index is 1400. The first kappa shape index (κ1) is 23.6. The van der Waals surface area contributed by atoms with Crippen LogP contribution >= 0.6 is 23.4 Å². The molecule has 0 unspecified atom stereocenters. The van der Waals surface area contributed by atoms with Gasteiger partial charge in [-0.05, 0) is 35.9 Å². The van der Waals surface area contributed by atoms with Crippen molar-refractivity contribution in [1.29, 1.82) is 0 Å². The number of piperazine rings is 1. The third-order valence-corrected chi connectivity index (χ3v) is 7.27. The lowest BCUT2D eigenvalue weighted by Gasteiger charge is -2.34. The lowest BCUT2D eigenvalue weighted by Crippen LogP contribution is -2.48. The van der Waals surface area contributed by atoms with Crippen LogP contribution in [0.15, 0.2) is 88.8 Å². The van der Waals surface area contributed by atoms with E-state index in [1.54, 1.807) is 28.8 Å². The number of benzene rings is 3. The number of amides is 1. The van der Waals surface area contributed by atoms with E-state index in [9.17, 15) is 9.59 Å². The van der Waals surface area contributed by atoms with Crippen molar-refractivity contribution in [1.82, 2.24) is 19.4 Å². The van der Waals surface area contributed by atoms with Gasteiger partial charge in [0.25, 0.3) is 5.56 Å². The highest BCUT2D eigenvalue weighted by Gasteiger charge is 2.22. The van der Waals surface area contributed by atoms with Gasteiger partial charge in [-0.25, -0.2) is 4.98 Å². The van der Waals surface area contributed by atoms with Crippen molar-refractivity contribution >= 4 is 40.2 Å². The molecule has 1 aliphatic rings. The Hall–Kier alpha value is -3.13. The van der Waals surface area contributed by atoms with Crippen molar-refractivity contribution in [2.75, 3.05) is 31.9 Å². The van der Waals surface area contributed by atoms with Gasteiger partial charge < -0.3 is 4.90 Å². The summed E-state index contributed by atoms with van der Waals surface area (Å²) in [6.45, 7) is 3.96. The maximum absolute atomic E-state index is 13.4. The van der Waals surface area contributed by atoms with Gasteiger partial charge in [-0.15, -0.1) is 0 Å². The Balaban J connectivity index is 1.30. The predicted octanol–water partition coefficient (Wildman–Crippen LogP) is 4.48. The van der Waals surface area contributed by atoms with Gasteiger partial charge in [0, 0.05) is 37.7 Å². The fourth-order valence-electron chi connectivity index (χ4n) is 4.27. The molecule has 1 saturated heterocycles. The molecule has 1 amide bonds. The highest BCUT2D eigenvalue weighted by Crippen LogP contribution is 2.23. The van der Waals surface area contributed by atoms with Crippen LogP contribution in [-0.2, 0) is 11.3 Å². The van der Waals surface area contributed by atoms with E-state index in [-0.39, 0.29) is 17.2 Å². The summed E-state index contributed by atoms with van der Waals surface area (Å²) in [5.41, 5.74) is 2.34. The lowest BCUT2D eigenvalue weighted by molar-refractivity contribution is -0.130. The van der Waals surface area contributed by atoms with Crippen LogP contribution in [0.1, 0.15) is 5.56 Å². The van der Waals surface area contributed by atoms with Crippen molar-refractivity contribution in [3.05, 3.63) is 99.8 Å². The van der Waals surface area contributed by atoms with Crippen LogP contribution in [-0.4, -0.2) is 57.2 Å². The summed E-state index contributed by atoms with van der Waals surface area (Å²) in [4.78, 5) is 35.4. The first-order valence-corrected chi connectivity index (χ1v) is 12.9. The SMILES string of the molecule is O=C(CSc1nc2ccccc2c(=O)n1-c1cccc(Cl)c1)N1CCN(Cc2ccccc2)CC1. The molecule has 0 bridgehead atoms. The number of para-hydroxylation sites is 1. The van der Waals surface area contributed by atoms with Crippen molar-refractivity contribution < 1.29 is 4.79 Å². The highest BCUT2D eigenvalue weighted by atomic mass is 35.5. The molecule has 0 atom stereocenters. The van der Waals surface area contributed by atoms with E-state index in [1.165, 1.54) is 17.3 Å². The number of thioether (sulfide) groups is 1. The standard InChI is InChI=1S/C27H25ClN4O2S/c28-21-9-6-10-22(17-21)32-26(34)23-11-4-5-12-24(23)29-27(32)35-19-25(33)31-15-13-30(14-16-31)18-20-7-2-1-3-8-20/h1-12,17H,13-16,18-19H2. The van der Waals surface area contributed by atoms with Gasteiger partial charge in [0.2, 0.25) is 5.91 Å². The Morgan fingerprint density at radius 1 is 0.914 bits per heavy atom. The van der Waals surface area contributed by atoms with E-state index >= 15 is 0 Å². The molecule has 1 fully saturated rings. The third kappa shape index (κ3) is 5.42. The maximum Gasteiger partial charge on any atom is 0.266 e. The number of carbonyl (C=O) groups excluding carboxylic acids is 1. The molecule has 0 radical (unpaired) electrons. The van der Waals surface area contributed by atoms with Gasteiger partial charge in [0.05, 0.1) is 22.3 Å². The normalized spacial score (nSPS) is 14.4. The second-order valence-corrected chi connectivity index (χ2v) is 9.84. The first-order chi connectivity index (χ1) is 17.1. The maximum atomic E-state index is 13.4. The zero-order chi connectivity index (χ0) is 24.2. The lowest BCUT2D eigenvalue weighted by atomic mass is 10.2. The molecule has 4 aromatic rings. The fraction of sp³-hybridized carbons (Fsp3) is 0.222. The van der Waals surface area contributed by atoms with E-state index in [2.05, 4.69) is 29.2 Å². The van der Waals surface area contributed by atoms with E-state index < -0.39 is 0 Å². The third-order valence-electron chi connectivity index (χ3n) is 6.11. The molecule has 8 heteroatoms. The predicted molar refractivity (Wildman–Crippen MR) is 141 cm³/mol. The van der Waals surface area contributed by atoms with Crippen LogP contribution in [0, 0.1) is 0 Å². The highest BCUT2D eigenvalue weighted by molar-refractivity contribution is 7.99. The van der Waals surface area contributed by atoms with Gasteiger partial charge in [0.1, 0.15) is 0 Å². The molecule has 1 aliphatic heterocycles. The summed E-state index contributed by atoms with van der Waals surface area (Å²) < 4.78 is 1.55. The number of halogens is 1. The number of carbonyl (C=O) groups is 1. The van der Waals surface area contributed by atoms with E-state index in [0.717, 1.165) is 19.6 Å². The second-order valence-electron chi connectivity index (χ2n) is 8.46. The van der Waals surface area contributed by atoms with Crippen LogP contribution in [0.25, 0.3) is 16.6 Å². The first-order valence-electron chi connectivity index (χ1n) is 11.5. The fourth-order valence-corrected chi connectivity index (χ4v) is 5.37. The molecule has 2 heterocycles. The molecule has 0 saturated carbocycles. The summed E-state index contributed by atoms with van der Waals surface area (Å²) in [7, 11) is 0. The molecule has 6 nitrogen and oxygen atoms in total. The quantitative estimate of drug-likeness (QED) is 0.286. The van der Waals surface area contributed by atoms with Crippen molar-refractivity contribution in [2.45, 2.75) is 11.7 Å². The van der Waals surface area contributed by atoms with Gasteiger partial charge in [-0.2, -0.15) is 0 Å². The number of nitrogens with zero attached hydrogens (tertiary/aromatic N) is 4. The van der Waals surface area contributed by atoms with Crippen molar-refractivity contribution in [3.63, 3.8) is 0 Å². The molecule has 178 valence electrons. The second kappa shape index (κ2) is 10.6. The summed E-state index contributed by atoms with van der Waals surface area (Å²) in [6, 6.07) is 24.8. The minimum atomic E-state index is -0.178. The molecular weight excluding hydrogens is 480 g/mol. The van der Waals surface area contributed by atoms with Crippen LogP contribution in [0.4, 0.5) is 0 Å². The smallest absolute Gasteiger partial charge is 0.266 e. The molecule has 3 aromatic carbocycles. The molecule has 0 aliphatic carbocycles. The topological polar surface area (TPSA) is 58.4 Å². The summed E-state index contributed by atoms with van der Waals surface area (Å²) in [5, 5.41) is 1.53. The average molecular weight is 505 g/mol. The monoisotopic (exact) mass is 504 g/mol. The Morgan fingerprint density at radius 2 is 1.66 bits per heavy atom. The van der Waals surface area contributed by atoms with E-state index in [1.807, 2.05) is 35.2 Å². The Morgan fingerprint density at radius 3 is 2.43 bits per heavy atom. The average Bonchev–Trinajstić information content (AvgIpc) is 2.88. The van der Waals surface area contributed by atoms with Gasteiger partial charge in [-0.1, -0.05) is 71.9 Å². The Kier molecular flexibility index (Phi) is 7.18. The van der Waals surface area contributed by atoms with E-state index in [4.69, 9.17) is 16.6 Å². The van der Waals surface area contributed by atoms with Crippen LogP contribution in [0.2, 0.25) is 5.02 Å². The molecular formula is C27H25ClN4O2S. The summed E-state index contributed by atoms with van der Waals surface area (Å²) in [5.74, 6) is 0.263. The van der Waals surface area contributed by atoms with Gasteiger partial charge in [0.15, 0.2) is 5.16 Å². The van der Waals surface area contributed by atoms with E-state index in [0.29, 0.717) is 39.9 Å². The summed E-state index contributed by atoms with van der Waals surface area (Å²) >= 11 is 7.49. The largest absolute Gasteiger partial charge is 0.339 e. The zero-order valence-electron chi connectivity index (χ0n) is 19.1. The molecule has 0 N–H and O–H groups in total. The number of fused-ring (bicyclic) bond motifs is 1. The number of rotatable bonds is 6. The minimum Gasteiger partial charge on any atom is -0.339 e. The molecule has 0 spiro atoms. The van der Waals surface area contributed by atoms with Gasteiger partial charge in [-0.3, -0.25) is 19.1 Å². The minimum absolute atomic E-state index is 0.0504. The summed E-state index contributed by atoms with van der Waals surface area (Å²) in [6.07, 6.45) is 0. The van der Waals surface area contributed by atoms with Gasteiger partial charge >= 0.3 is 0 Å². The van der Waals surface area contributed by atoms with Crippen LogP contribution in [0.5, 0.6) is 0 Å². The molecule has 5 rings (SSSR count). The molecule has 35 heavy (non-hydrogen) atoms. The van der Waals surface area contributed by atoms with Crippen LogP contribution < -0.4 is 5.56 Å². The number of aromatic nitrogens is 2. The number of hydrogen-bond acceptors (Lipinski definition) is 5. The number of hydrogen-bond donors (Lipinski definition) is 0.